The van der Waals surface area contributed by atoms with E-state index < -0.39 is 0 Å². The van der Waals surface area contributed by atoms with Gasteiger partial charge < -0.3 is 0 Å². The average Bonchev–Trinajstić information content (AvgIpc) is 2.29. The SMILES string of the molecule is Cc1cccc(CC(=O)c2ccc(Br)cc2)c1. The highest BCUT2D eigenvalue weighted by Crippen LogP contribution is 2.13. The Hall–Kier alpha value is -1.41. The van der Waals surface area contributed by atoms with E-state index >= 15 is 0 Å². The predicted octanol–water partition coefficient (Wildman–Crippen LogP) is 4.18. The second-order valence-corrected chi connectivity index (χ2v) is 5.01. The zero-order valence-corrected chi connectivity index (χ0v) is 11.2. The summed E-state index contributed by atoms with van der Waals surface area (Å²) in [4.78, 5) is 12.0. The number of aryl methyl sites for hydroxylation is 1. The third kappa shape index (κ3) is 3.27. The van der Waals surface area contributed by atoms with Crippen molar-refractivity contribution in [1.29, 1.82) is 0 Å². The van der Waals surface area contributed by atoms with Crippen LogP contribution < -0.4 is 0 Å². The zero-order valence-electron chi connectivity index (χ0n) is 9.61. The summed E-state index contributed by atoms with van der Waals surface area (Å²) in [6, 6.07) is 15.5. The Bertz CT molecular complexity index is 529. The Morgan fingerprint density at radius 1 is 1.12 bits per heavy atom. The summed E-state index contributed by atoms with van der Waals surface area (Å²) in [6.07, 6.45) is 0.462. The zero-order chi connectivity index (χ0) is 12.3. The van der Waals surface area contributed by atoms with E-state index in [1.807, 2.05) is 49.4 Å². The maximum Gasteiger partial charge on any atom is 0.167 e. The molecule has 0 radical (unpaired) electrons. The van der Waals surface area contributed by atoms with Crippen LogP contribution in [0.2, 0.25) is 0 Å². The maximum absolute atomic E-state index is 12.0. The van der Waals surface area contributed by atoms with Crippen molar-refractivity contribution >= 4 is 21.7 Å². The minimum absolute atomic E-state index is 0.156. The van der Waals surface area contributed by atoms with Gasteiger partial charge in [0.1, 0.15) is 0 Å². The molecule has 0 aliphatic rings. The Kier molecular flexibility index (Phi) is 3.75. The van der Waals surface area contributed by atoms with Crippen molar-refractivity contribution in [3.63, 3.8) is 0 Å². The minimum Gasteiger partial charge on any atom is -0.294 e. The predicted molar refractivity (Wildman–Crippen MR) is 73.4 cm³/mol. The van der Waals surface area contributed by atoms with Gasteiger partial charge in [-0.3, -0.25) is 4.79 Å². The van der Waals surface area contributed by atoms with Crippen LogP contribution in [0.4, 0.5) is 0 Å². The fraction of sp³-hybridized carbons (Fsp3) is 0.133. The van der Waals surface area contributed by atoms with E-state index in [1.54, 1.807) is 0 Å². The van der Waals surface area contributed by atoms with Gasteiger partial charge in [-0.15, -0.1) is 0 Å². The smallest absolute Gasteiger partial charge is 0.167 e. The van der Waals surface area contributed by atoms with E-state index in [0.29, 0.717) is 6.42 Å². The molecule has 86 valence electrons. The largest absolute Gasteiger partial charge is 0.294 e. The average molecular weight is 289 g/mol. The van der Waals surface area contributed by atoms with Gasteiger partial charge in [-0.25, -0.2) is 0 Å². The molecule has 2 rings (SSSR count). The van der Waals surface area contributed by atoms with Gasteiger partial charge in [-0.05, 0) is 24.6 Å². The molecule has 2 heteroatoms. The normalized spacial score (nSPS) is 10.2. The van der Waals surface area contributed by atoms with Gasteiger partial charge in [-0.1, -0.05) is 57.9 Å². The number of carbonyl (C=O) groups excluding carboxylic acids is 1. The molecule has 0 aromatic heterocycles. The molecule has 0 amide bonds. The van der Waals surface area contributed by atoms with Crippen LogP contribution in [0.15, 0.2) is 53.0 Å². The lowest BCUT2D eigenvalue weighted by atomic mass is 10.0. The summed E-state index contributed by atoms with van der Waals surface area (Å²) in [7, 11) is 0. The summed E-state index contributed by atoms with van der Waals surface area (Å²) >= 11 is 3.36. The molecule has 0 fully saturated rings. The van der Waals surface area contributed by atoms with Gasteiger partial charge in [0.2, 0.25) is 0 Å². The monoisotopic (exact) mass is 288 g/mol. The molecule has 2 aromatic rings. The highest BCUT2D eigenvalue weighted by atomic mass is 79.9. The number of Topliss-reactive ketones (excluding diaryl/α,β-unsaturated/α-hetero) is 1. The molecular formula is C15H13BrO. The van der Waals surface area contributed by atoms with Crippen molar-refractivity contribution in [2.75, 3.05) is 0 Å². The summed E-state index contributed by atoms with van der Waals surface area (Å²) in [5, 5.41) is 0. The minimum atomic E-state index is 0.156. The number of ketones is 1. The quantitative estimate of drug-likeness (QED) is 0.775. The number of carbonyl (C=O) groups is 1. The number of halogens is 1. The lowest BCUT2D eigenvalue weighted by molar-refractivity contribution is 0.0993. The van der Waals surface area contributed by atoms with E-state index in [0.717, 1.165) is 15.6 Å². The molecule has 0 aliphatic heterocycles. The van der Waals surface area contributed by atoms with Crippen LogP contribution in [-0.2, 0) is 6.42 Å². The molecule has 1 nitrogen and oxygen atoms in total. The molecular weight excluding hydrogens is 276 g/mol. The van der Waals surface area contributed by atoms with Crippen LogP contribution in [0.1, 0.15) is 21.5 Å². The fourth-order valence-electron chi connectivity index (χ4n) is 1.75. The summed E-state index contributed by atoms with van der Waals surface area (Å²) in [6.45, 7) is 2.04. The van der Waals surface area contributed by atoms with Crippen LogP contribution >= 0.6 is 15.9 Å². The summed E-state index contributed by atoms with van der Waals surface area (Å²) in [5.41, 5.74) is 3.01. The molecule has 0 heterocycles. The lowest BCUT2D eigenvalue weighted by Gasteiger charge is -2.03. The van der Waals surface area contributed by atoms with E-state index in [9.17, 15) is 4.79 Å². The Morgan fingerprint density at radius 3 is 2.47 bits per heavy atom. The molecule has 0 aliphatic carbocycles. The van der Waals surface area contributed by atoms with Crippen molar-refractivity contribution in [3.05, 3.63) is 69.7 Å². The molecule has 0 atom stereocenters. The molecule has 0 saturated carbocycles. The molecule has 0 saturated heterocycles. The first kappa shape index (κ1) is 12.1. The number of hydrogen-bond acceptors (Lipinski definition) is 1. The van der Waals surface area contributed by atoms with Crippen molar-refractivity contribution in [3.8, 4) is 0 Å². The van der Waals surface area contributed by atoms with Crippen LogP contribution in [0.25, 0.3) is 0 Å². The van der Waals surface area contributed by atoms with Crippen molar-refractivity contribution < 1.29 is 4.79 Å². The Morgan fingerprint density at radius 2 is 1.82 bits per heavy atom. The number of rotatable bonds is 3. The molecule has 17 heavy (non-hydrogen) atoms. The summed E-state index contributed by atoms with van der Waals surface area (Å²) in [5.74, 6) is 0.156. The molecule has 0 bridgehead atoms. The second-order valence-electron chi connectivity index (χ2n) is 4.10. The first-order valence-electron chi connectivity index (χ1n) is 5.49. The Balaban J connectivity index is 2.14. The molecule has 0 N–H and O–H groups in total. The van der Waals surface area contributed by atoms with E-state index in [2.05, 4.69) is 22.0 Å². The maximum atomic E-state index is 12.0. The third-order valence-electron chi connectivity index (χ3n) is 2.61. The highest BCUT2D eigenvalue weighted by Gasteiger charge is 2.06. The fourth-order valence-corrected chi connectivity index (χ4v) is 2.01. The van der Waals surface area contributed by atoms with Crippen LogP contribution in [0.5, 0.6) is 0 Å². The number of benzene rings is 2. The van der Waals surface area contributed by atoms with Crippen LogP contribution in [-0.4, -0.2) is 5.78 Å². The topological polar surface area (TPSA) is 17.1 Å². The van der Waals surface area contributed by atoms with Crippen molar-refractivity contribution in [2.24, 2.45) is 0 Å². The van der Waals surface area contributed by atoms with Crippen molar-refractivity contribution in [1.82, 2.24) is 0 Å². The van der Waals surface area contributed by atoms with Crippen LogP contribution in [0.3, 0.4) is 0 Å². The first-order valence-corrected chi connectivity index (χ1v) is 6.29. The van der Waals surface area contributed by atoms with Crippen molar-refractivity contribution in [2.45, 2.75) is 13.3 Å². The lowest BCUT2D eigenvalue weighted by Crippen LogP contribution is -2.03. The molecule has 2 aromatic carbocycles. The standard InChI is InChI=1S/C15H13BrO/c1-11-3-2-4-12(9-11)10-15(17)13-5-7-14(16)8-6-13/h2-9H,10H2,1H3. The van der Waals surface area contributed by atoms with Gasteiger partial charge in [0, 0.05) is 16.5 Å². The first-order chi connectivity index (χ1) is 8.15. The van der Waals surface area contributed by atoms with E-state index in [-0.39, 0.29) is 5.78 Å². The van der Waals surface area contributed by atoms with Gasteiger partial charge in [-0.2, -0.15) is 0 Å². The molecule has 0 spiro atoms. The third-order valence-corrected chi connectivity index (χ3v) is 3.14. The second kappa shape index (κ2) is 5.28. The van der Waals surface area contributed by atoms with Crippen LogP contribution in [0, 0.1) is 6.92 Å². The highest BCUT2D eigenvalue weighted by molar-refractivity contribution is 9.10. The van der Waals surface area contributed by atoms with Gasteiger partial charge >= 0.3 is 0 Å². The summed E-state index contributed by atoms with van der Waals surface area (Å²) < 4.78 is 0.990. The van der Waals surface area contributed by atoms with Gasteiger partial charge in [0.25, 0.3) is 0 Å². The van der Waals surface area contributed by atoms with E-state index in [4.69, 9.17) is 0 Å². The molecule has 0 unspecified atom stereocenters. The van der Waals surface area contributed by atoms with Gasteiger partial charge in [0.05, 0.1) is 0 Å². The number of hydrogen-bond donors (Lipinski definition) is 0. The van der Waals surface area contributed by atoms with Gasteiger partial charge in [0.15, 0.2) is 5.78 Å². The van der Waals surface area contributed by atoms with E-state index in [1.165, 1.54) is 5.56 Å². The Labute approximate surface area is 110 Å².